The number of rotatable bonds is 6. The largest absolute Gasteiger partial charge is 2.00 e. The van der Waals surface area contributed by atoms with E-state index in [1.54, 1.807) is 14.2 Å². The van der Waals surface area contributed by atoms with E-state index in [0.717, 1.165) is 48.3 Å². The first kappa shape index (κ1) is 35.6. The monoisotopic (exact) mass is 572 g/mol. The van der Waals surface area contributed by atoms with Crippen molar-refractivity contribution in [3.8, 4) is 0 Å². The molecule has 0 aromatic carbocycles. The number of ether oxygens (including phenoxy) is 4. The molecule has 4 rings (SSSR count). The van der Waals surface area contributed by atoms with Gasteiger partial charge in [0.25, 0.3) is 0 Å². The fourth-order valence-corrected chi connectivity index (χ4v) is 3.53. The summed E-state index contributed by atoms with van der Waals surface area (Å²) in [5.74, 6) is 0.289. The molecule has 0 fully saturated rings. The van der Waals surface area contributed by atoms with Gasteiger partial charge in [-0.2, -0.15) is 24.3 Å². The minimum Gasteiger partial charge on any atom is -1.00 e. The van der Waals surface area contributed by atoms with Gasteiger partial charge in [-0.3, -0.25) is 0 Å². The average molecular weight is 573 g/mol. The molecule has 0 radical (unpaired) electrons. The molecule has 0 heterocycles. The molecule has 4 aliphatic carbocycles. The maximum Gasteiger partial charge on any atom is 2.00 e. The van der Waals surface area contributed by atoms with Crippen molar-refractivity contribution in [2.24, 2.45) is 0 Å². The summed E-state index contributed by atoms with van der Waals surface area (Å²) in [4.78, 5) is 0. The summed E-state index contributed by atoms with van der Waals surface area (Å²) in [6, 6.07) is 0. The second kappa shape index (κ2) is 17.0. The number of hydrogen-bond acceptors (Lipinski definition) is 4. The van der Waals surface area contributed by atoms with Crippen LogP contribution >= 0.6 is 0 Å². The third kappa shape index (κ3) is 8.83. The summed E-state index contributed by atoms with van der Waals surface area (Å²) < 4.78 is 22.8. The molecule has 0 bridgehead atoms. The van der Waals surface area contributed by atoms with Gasteiger partial charge in [0.2, 0.25) is 11.6 Å². The van der Waals surface area contributed by atoms with Gasteiger partial charge in [-0.1, -0.05) is 36.5 Å². The molecule has 2 unspecified atom stereocenters. The predicted octanol–water partition coefficient (Wildman–Crippen LogP) is -0.199. The Morgan fingerprint density at radius 1 is 0.676 bits per heavy atom. The van der Waals surface area contributed by atoms with Crippen molar-refractivity contribution in [2.45, 2.75) is 51.1 Å². The van der Waals surface area contributed by atoms with E-state index >= 15 is 0 Å². The van der Waals surface area contributed by atoms with Gasteiger partial charge in [0.1, 0.15) is 0 Å². The Morgan fingerprint density at radius 2 is 1.06 bits per heavy atom. The van der Waals surface area contributed by atoms with E-state index in [2.05, 4.69) is 24.3 Å². The van der Waals surface area contributed by atoms with E-state index in [-0.39, 0.29) is 68.2 Å². The molecular weight excluding hydrogens is 543 g/mol. The summed E-state index contributed by atoms with van der Waals surface area (Å²) in [6.45, 7) is 4.04. The van der Waals surface area contributed by atoms with E-state index in [0.29, 0.717) is 0 Å². The second-order valence-electron chi connectivity index (χ2n) is 7.38. The second-order valence-corrected chi connectivity index (χ2v) is 7.38. The van der Waals surface area contributed by atoms with E-state index in [9.17, 15) is 0 Å². The number of hydrogen-bond donors (Lipinski definition) is 0. The van der Waals surface area contributed by atoms with Crippen molar-refractivity contribution < 1.29 is 87.2 Å². The zero-order valence-corrected chi connectivity index (χ0v) is 24.6. The van der Waals surface area contributed by atoms with Crippen LogP contribution in [0.3, 0.4) is 0 Å². The average Bonchev–Trinajstić information content (AvgIpc) is 3.46. The molecule has 0 aliphatic heterocycles. The van der Waals surface area contributed by atoms with Crippen molar-refractivity contribution in [1.29, 1.82) is 0 Å². The Morgan fingerprint density at radius 3 is 1.32 bits per heavy atom. The first-order valence-electron chi connectivity index (χ1n) is 10.2. The van der Waals surface area contributed by atoms with E-state index in [1.165, 1.54) is 0 Å². The van der Waals surface area contributed by atoms with Gasteiger partial charge >= 0.3 is 43.4 Å². The first-order valence-corrected chi connectivity index (χ1v) is 10.2. The number of allylic oxidation sites excluding steroid dienone is 10. The Hall–Kier alpha value is -0.551. The van der Waals surface area contributed by atoms with Crippen molar-refractivity contribution in [3.05, 3.63) is 95.6 Å². The Labute approximate surface area is 246 Å². The molecule has 0 aromatic rings. The van der Waals surface area contributed by atoms with Crippen LogP contribution in [0.2, 0.25) is 0 Å². The molecule has 0 N–H and O–H groups in total. The summed E-state index contributed by atoms with van der Waals surface area (Å²) in [6.07, 6.45) is 29.5. The van der Waals surface area contributed by atoms with Crippen molar-refractivity contribution in [1.82, 2.24) is 0 Å². The van der Waals surface area contributed by atoms with Gasteiger partial charge in [-0.05, 0) is 36.5 Å². The van der Waals surface area contributed by atoms with Crippen LogP contribution in [0.4, 0.5) is 0 Å². The molecule has 0 saturated heterocycles. The van der Waals surface area contributed by atoms with Gasteiger partial charge in [0.15, 0.2) is 0 Å². The van der Waals surface area contributed by atoms with Gasteiger partial charge in [0, 0.05) is 27.1 Å². The fraction of sp³-hybridized carbons (Fsp3) is 0.385. The number of methoxy groups -OCH3 is 2. The van der Waals surface area contributed by atoms with Crippen LogP contribution in [0.25, 0.3) is 0 Å². The maximum atomic E-state index is 5.88. The third-order valence-electron chi connectivity index (χ3n) is 5.48. The molecule has 8 heteroatoms. The van der Waals surface area contributed by atoms with Crippen LogP contribution in [0.1, 0.15) is 39.5 Å². The maximum absolute atomic E-state index is 5.88. The minimum atomic E-state index is -0.633. The normalized spacial score (nSPS) is 25.5. The third-order valence-corrected chi connectivity index (χ3v) is 5.48. The zero-order chi connectivity index (χ0) is 21.5. The van der Waals surface area contributed by atoms with E-state index < -0.39 is 11.6 Å². The molecule has 0 spiro atoms. The standard InChI is InChI=1S/2C13H15O2.2ClH.2Ti/c2*1-11-7-5-6-10-13(11,14-2)15-12-8-3-4-9-12;;;;/h2*3,5-8H,4,10H2,1-2H3;2*1H;;/q2*-1;;;2*+2/p-2. The summed E-state index contributed by atoms with van der Waals surface area (Å²) in [5.41, 5.74) is 2.17. The summed E-state index contributed by atoms with van der Waals surface area (Å²) in [7, 11) is 3.35. The van der Waals surface area contributed by atoms with Crippen LogP contribution in [0.5, 0.6) is 0 Å². The first-order chi connectivity index (χ1) is 14.5. The van der Waals surface area contributed by atoms with Crippen LogP contribution < -0.4 is 24.8 Å². The zero-order valence-electron chi connectivity index (χ0n) is 20.0. The van der Waals surface area contributed by atoms with Gasteiger partial charge in [-0.15, -0.1) is 12.8 Å². The quantitative estimate of drug-likeness (QED) is 0.251. The van der Waals surface area contributed by atoms with Gasteiger partial charge < -0.3 is 43.8 Å². The molecule has 34 heavy (non-hydrogen) atoms. The summed E-state index contributed by atoms with van der Waals surface area (Å²) >= 11 is 0. The smallest absolute Gasteiger partial charge is 1.00 e. The van der Waals surface area contributed by atoms with E-state index in [1.807, 2.05) is 62.5 Å². The molecule has 0 saturated carbocycles. The van der Waals surface area contributed by atoms with Crippen molar-refractivity contribution in [2.75, 3.05) is 14.2 Å². The van der Waals surface area contributed by atoms with Crippen LogP contribution in [-0.4, -0.2) is 25.8 Å². The topological polar surface area (TPSA) is 36.9 Å². The van der Waals surface area contributed by atoms with Crippen molar-refractivity contribution >= 4 is 0 Å². The molecule has 4 aliphatic rings. The van der Waals surface area contributed by atoms with E-state index in [4.69, 9.17) is 18.9 Å². The van der Waals surface area contributed by atoms with Crippen LogP contribution in [0, 0.1) is 12.2 Å². The van der Waals surface area contributed by atoms with Gasteiger partial charge in [-0.25, -0.2) is 12.2 Å². The molecule has 0 aromatic heterocycles. The molecule has 2 atom stereocenters. The minimum absolute atomic E-state index is 0. The Kier molecular flexibility index (Phi) is 17.8. The molecule has 180 valence electrons. The number of halogens is 2. The van der Waals surface area contributed by atoms with Crippen LogP contribution in [-0.2, 0) is 62.4 Å². The van der Waals surface area contributed by atoms with Gasteiger partial charge in [0.05, 0.1) is 0 Å². The van der Waals surface area contributed by atoms with Crippen molar-refractivity contribution in [3.63, 3.8) is 0 Å². The molecule has 0 amide bonds. The fourth-order valence-electron chi connectivity index (χ4n) is 3.53. The van der Waals surface area contributed by atoms with Crippen LogP contribution in [0.15, 0.2) is 83.4 Å². The molecular formula is C26H30Cl2O4Ti2. The summed E-state index contributed by atoms with van der Waals surface area (Å²) in [5, 5.41) is 0. The predicted molar refractivity (Wildman–Crippen MR) is 118 cm³/mol. The Bertz CT molecular complexity index is 815. The molecule has 4 nitrogen and oxygen atoms in total. The SMILES string of the molecule is COC1(OC2=[C-]CC=C2)CC=CC=C1C.COC1(OC2=[C-]CC=C2)CC=CC=C1C.[Cl-].[Cl-].[Ti+2].[Ti+2]. The Balaban J connectivity index is 0.